The van der Waals surface area contributed by atoms with Crippen molar-refractivity contribution in [3.8, 4) is 0 Å². The normalized spacial score (nSPS) is 18.4. The number of hydrogen-bond donors (Lipinski definition) is 1. The molecule has 6 heteroatoms. The largest absolute Gasteiger partial charge is 0.371 e. The van der Waals surface area contributed by atoms with Gasteiger partial charge in [-0.15, -0.1) is 0 Å². The van der Waals surface area contributed by atoms with Crippen molar-refractivity contribution in [2.75, 3.05) is 31.1 Å². The fourth-order valence-corrected chi connectivity index (χ4v) is 4.61. The standard InChI is InChI=1S/C24H32N4O2/c1-18(2)16-28-22(17-27-14-6-11-21(27)24(28)30)23(29)25-12-7-15-26-13-5-9-19-8-3-4-10-20(19)26/h3-4,6,8,10-11,14,18,22H,5,7,9,12-13,15-17H2,1-2H3,(H,25,29). The van der Waals surface area contributed by atoms with Crippen molar-refractivity contribution in [2.24, 2.45) is 5.92 Å². The van der Waals surface area contributed by atoms with E-state index in [1.165, 1.54) is 17.7 Å². The number of nitrogens with zero attached hydrogens (tertiary/aromatic N) is 3. The Morgan fingerprint density at radius 3 is 2.87 bits per heavy atom. The summed E-state index contributed by atoms with van der Waals surface area (Å²) in [6, 6.07) is 11.9. The average Bonchev–Trinajstić information content (AvgIpc) is 3.22. The van der Waals surface area contributed by atoms with E-state index in [2.05, 4.69) is 48.3 Å². The highest BCUT2D eigenvalue weighted by Crippen LogP contribution is 2.26. The maximum atomic E-state index is 13.0. The number of aryl methyl sites for hydroxylation is 1. The molecule has 1 aromatic heterocycles. The third-order valence-electron chi connectivity index (χ3n) is 6.03. The quantitative estimate of drug-likeness (QED) is 0.717. The number of carbonyl (C=O) groups excluding carboxylic acids is 2. The second kappa shape index (κ2) is 8.94. The Morgan fingerprint density at radius 1 is 1.20 bits per heavy atom. The maximum absolute atomic E-state index is 13.0. The summed E-state index contributed by atoms with van der Waals surface area (Å²) in [4.78, 5) is 30.1. The van der Waals surface area contributed by atoms with Crippen LogP contribution in [0.1, 0.15) is 42.7 Å². The molecule has 1 unspecified atom stereocenters. The van der Waals surface area contributed by atoms with Gasteiger partial charge in [0.25, 0.3) is 5.91 Å². The van der Waals surface area contributed by atoms with Gasteiger partial charge < -0.3 is 19.7 Å². The summed E-state index contributed by atoms with van der Waals surface area (Å²) in [6.45, 7) is 7.88. The number of aromatic nitrogens is 1. The first-order valence-corrected chi connectivity index (χ1v) is 11.1. The van der Waals surface area contributed by atoms with Crippen LogP contribution in [0.15, 0.2) is 42.6 Å². The van der Waals surface area contributed by atoms with Crippen molar-refractivity contribution < 1.29 is 9.59 Å². The number of hydrogen-bond acceptors (Lipinski definition) is 3. The number of anilines is 1. The number of para-hydroxylation sites is 1. The molecule has 0 aliphatic carbocycles. The zero-order valence-electron chi connectivity index (χ0n) is 18.0. The fourth-order valence-electron chi connectivity index (χ4n) is 4.61. The monoisotopic (exact) mass is 408 g/mol. The number of nitrogens with one attached hydrogen (secondary N) is 1. The van der Waals surface area contributed by atoms with Crippen LogP contribution in [-0.2, 0) is 17.8 Å². The number of carbonyl (C=O) groups is 2. The first-order chi connectivity index (χ1) is 14.5. The van der Waals surface area contributed by atoms with E-state index in [-0.39, 0.29) is 11.8 Å². The lowest BCUT2D eigenvalue weighted by atomic mass is 10.0. The molecule has 2 aliphatic rings. The van der Waals surface area contributed by atoms with E-state index < -0.39 is 6.04 Å². The highest BCUT2D eigenvalue weighted by Gasteiger charge is 2.36. The molecule has 30 heavy (non-hydrogen) atoms. The van der Waals surface area contributed by atoms with Crippen LogP contribution in [0.25, 0.3) is 0 Å². The Bertz CT molecular complexity index is 904. The Kier molecular flexibility index (Phi) is 6.11. The van der Waals surface area contributed by atoms with E-state index in [9.17, 15) is 9.59 Å². The Morgan fingerprint density at radius 2 is 2.03 bits per heavy atom. The smallest absolute Gasteiger partial charge is 0.271 e. The molecule has 6 nitrogen and oxygen atoms in total. The molecule has 2 aromatic rings. The van der Waals surface area contributed by atoms with E-state index in [1.54, 1.807) is 4.90 Å². The van der Waals surface area contributed by atoms with Gasteiger partial charge in [-0.05, 0) is 48.9 Å². The van der Waals surface area contributed by atoms with Crippen LogP contribution in [0.4, 0.5) is 5.69 Å². The second-order valence-corrected chi connectivity index (χ2v) is 8.78. The van der Waals surface area contributed by atoms with E-state index in [4.69, 9.17) is 0 Å². The van der Waals surface area contributed by atoms with Crippen LogP contribution < -0.4 is 10.2 Å². The topological polar surface area (TPSA) is 57.6 Å². The molecular weight excluding hydrogens is 376 g/mol. The first-order valence-electron chi connectivity index (χ1n) is 11.1. The van der Waals surface area contributed by atoms with Crippen LogP contribution >= 0.6 is 0 Å². The number of rotatable bonds is 7. The van der Waals surface area contributed by atoms with Gasteiger partial charge >= 0.3 is 0 Å². The molecular formula is C24H32N4O2. The molecule has 1 N–H and O–H groups in total. The van der Waals surface area contributed by atoms with Crippen LogP contribution in [-0.4, -0.2) is 53.5 Å². The summed E-state index contributed by atoms with van der Waals surface area (Å²) in [7, 11) is 0. The summed E-state index contributed by atoms with van der Waals surface area (Å²) in [6.07, 6.45) is 5.09. The summed E-state index contributed by atoms with van der Waals surface area (Å²) in [5.74, 6) is 0.206. The molecule has 0 saturated heterocycles. The molecule has 0 bridgehead atoms. The van der Waals surface area contributed by atoms with Crippen molar-refractivity contribution >= 4 is 17.5 Å². The molecule has 0 spiro atoms. The molecule has 2 aliphatic heterocycles. The zero-order chi connectivity index (χ0) is 21.1. The van der Waals surface area contributed by atoms with Crippen molar-refractivity contribution in [1.82, 2.24) is 14.8 Å². The fraction of sp³-hybridized carbons (Fsp3) is 0.500. The molecule has 3 heterocycles. The van der Waals surface area contributed by atoms with Crippen LogP contribution in [0, 0.1) is 5.92 Å². The summed E-state index contributed by atoms with van der Waals surface area (Å²) in [5.41, 5.74) is 3.42. The van der Waals surface area contributed by atoms with Crippen LogP contribution in [0.5, 0.6) is 0 Å². The van der Waals surface area contributed by atoms with Gasteiger partial charge in [-0.1, -0.05) is 32.0 Å². The van der Waals surface area contributed by atoms with E-state index in [0.717, 1.165) is 25.9 Å². The molecule has 4 rings (SSSR count). The third kappa shape index (κ3) is 4.23. The Balaban J connectivity index is 1.34. The minimum absolute atomic E-state index is 0.0509. The van der Waals surface area contributed by atoms with Crippen molar-refractivity contribution in [2.45, 2.75) is 45.7 Å². The number of amides is 2. The number of benzene rings is 1. The predicted octanol–water partition coefficient (Wildman–Crippen LogP) is 2.93. The predicted molar refractivity (Wildman–Crippen MR) is 119 cm³/mol. The Hall–Kier alpha value is -2.76. The molecule has 0 fully saturated rings. The first kappa shape index (κ1) is 20.5. The Labute approximate surface area is 178 Å². The molecule has 1 atom stereocenters. The highest BCUT2D eigenvalue weighted by molar-refractivity contribution is 5.97. The lowest BCUT2D eigenvalue weighted by Gasteiger charge is -2.36. The van der Waals surface area contributed by atoms with E-state index in [0.29, 0.717) is 31.2 Å². The lowest BCUT2D eigenvalue weighted by Crippen LogP contribution is -2.56. The summed E-state index contributed by atoms with van der Waals surface area (Å²) < 4.78 is 1.90. The molecule has 2 amide bonds. The zero-order valence-corrected chi connectivity index (χ0v) is 18.0. The van der Waals surface area contributed by atoms with Gasteiger partial charge in [0.2, 0.25) is 5.91 Å². The van der Waals surface area contributed by atoms with Gasteiger partial charge in [0.05, 0.1) is 6.54 Å². The SMILES string of the molecule is CC(C)CN1C(=O)c2cccn2CC1C(=O)NCCCN1CCCc2ccccc21. The van der Waals surface area contributed by atoms with Gasteiger partial charge in [-0.25, -0.2) is 0 Å². The van der Waals surface area contributed by atoms with Gasteiger partial charge in [-0.2, -0.15) is 0 Å². The van der Waals surface area contributed by atoms with E-state index in [1.807, 2.05) is 22.9 Å². The third-order valence-corrected chi connectivity index (χ3v) is 6.03. The minimum atomic E-state index is -0.449. The molecule has 160 valence electrons. The summed E-state index contributed by atoms with van der Waals surface area (Å²) in [5, 5.41) is 3.09. The maximum Gasteiger partial charge on any atom is 0.271 e. The van der Waals surface area contributed by atoms with Crippen molar-refractivity contribution in [3.63, 3.8) is 0 Å². The molecule has 0 radical (unpaired) electrons. The lowest BCUT2D eigenvalue weighted by molar-refractivity contribution is -0.126. The average molecular weight is 409 g/mol. The molecule has 1 aromatic carbocycles. The highest BCUT2D eigenvalue weighted by atomic mass is 16.2. The van der Waals surface area contributed by atoms with Gasteiger partial charge in [-0.3, -0.25) is 9.59 Å². The second-order valence-electron chi connectivity index (χ2n) is 8.78. The van der Waals surface area contributed by atoms with Crippen LogP contribution in [0.2, 0.25) is 0 Å². The van der Waals surface area contributed by atoms with Gasteiger partial charge in [0, 0.05) is 38.1 Å². The minimum Gasteiger partial charge on any atom is -0.371 e. The van der Waals surface area contributed by atoms with Gasteiger partial charge in [0.15, 0.2) is 0 Å². The molecule has 0 saturated carbocycles. The van der Waals surface area contributed by atoms with Gasteiger partial charge in [0.1, 0.15) is 11.7 Å². The van der Waals surface area contributed by atoms with Crippen molar-refractivity contribution in [3.05, 3.63) is 53.9 Å². The van der Waals surface area contributed by atoms with Crippen LogP contribution in [0.3, 0.4) is 0 Å². The summed E-state index contributed by atoms with van der Waals surface area (Å²) >= 11 is 0. The number of fused-ring (bicyclic) bond motifs is 2. The van der Waals surface area contributed by atoms with E-state index >= 15 is 0 Å². The van der Waals surface area contributed by atoms with Crippen molar-refractivity contribution in [1.29, 1.82) is 0 Å².